The van der Waals surface area contributed by atoms with Gasteiger partial charge < -0.3 is 20.3 Å². The summed E-state index contributed by atoms with van der Waals surface area (Å²) in [4.78, 5) is 80.3. The Labute approximate surface area is 329 Å². The normalized spacial score (nSPS) is 21.9. The number of benzene rings is 3. The van der Waals surface area contributed by atoms with Gasteiger partial charge in [-0.15, -0.1) is 0 Å². The first-order valence-corrected chi connectivity index (χ1v) is 19.2. The lowest BCUT2D eigenvalue weighted by Gasteiger charge is -2.63. The molecule has 4 aliphatic rings. The predicted octanol–water partition coefficient (Wildman–Crippen LogP) is 5.46. The summed E-state index contributed by atoms with van der Waals surface area (Å²) in [5, 5.41) is 18.2. The highest BCUT2D eigenvalue weighted by Gasteiger charge is 2.64. The molecule has 56 heavy (non-hydrogen) atoms. The van der Waals surface area contributed by atoms with Gasteiger partial charge >= 0.3 is 0 Å². The quantitative estimate of drug-likeness (QED) is 0.159. The Hall–Kier alpha value is -5.74. The number of nitrogens with zero attached hydrogens (tertiary/aromatic N) is 3. The average Bonchev–Trinajstić information content (AvgIpc) is 3.61. The zero-order valence-corrected chi connectivity index (χ0v) is 32.4. The van der Waals surface area contributed by atoms with Crippen molar-refractivity contribution in [2.24, 2.45) is 10.8 Å². The molecule has 3 N–H and O–H groups in total. The zero-order valence-electron chi connectivity index (χ0n) is 31.7. The molecule has 2 fully saturated rings. The van der Waals surface area contributed by atoms with Crippen LogP contribution in [0.15, 0.2) is 54.6 Å². The first kappa shape index (κ1) is 38.5. The van der Waals surface area contributed by atoms with E-state index in [2.05, 4.69) is 16.0 Å². The second-order valence-electron chi connectivity index (χ2n) is 16.1. The number of piperidine rings is 1. The van der Waals surface area contributed by atoms with Gasteiger partial charge in [-0.2, -0.15) is 5.26 Å². The minimum absolute atomic E-state index is 0.0537. The van der Waals surface area contributed by atoms with Crippen molar-refractivity contribution in [1.82, 2.24) is 20.4 Å². The smallest absolute Gasteiger partial charge is 0.264 e. The lowest BCUT2D eigenvalue weighted by molar-refractivity contribution is -0.164. The van der Waals surface area contributed by atoms with Crippen LogP contribution in [0.25, 0.3) is 0 Å². The summed E-state index contributed by atoms with van der Waals surface area (Å²) in [6.07, 6.45) is 2.17. The van der Waals surface area contributed by atoms with E-state index in [0.29, 0.717) is 52.8 Å². The third kappa shape index (κ3) is 6.76. The molecule has 0 bridgehead atoms. The van der Waals surface area contributed by atoms with E-state index in [0.717, 1.165) is 29.7 Å². The largest absolute Gasteiger partial charge is 0.489 e. The predicted molar refractivity (Wildman–Crippen MR) is 206 cm³/mol. The Morgan fingerprint density at radius 1 is 0.946 bits per heavy atom. The van der Waals surface area contributed by atoms with Gasteiger partial charge in [-0.1, -0.05) is 51.4 Å². The molecule has 0 spiro atoms. The van der Waals surface area contributed by atoms with Crippen LogP contribution in [0.1, 0.15) is 112 Å². The van der Waals surface area contributed by atoms with Crippen molar-refractivity contribution in [1.29, 1.82) is 5.26 Å². The fourth-order valence-corrected chi connectivity index (χ4v) is 9.20. The number of rotatable bonds is 12. The highest BCUT2D eigenvalue weighted by atomic mass is 35.5. The average molecular weight is 779 g/mol. The number of anilines is 1. The third-order valence-corrected chi connectivity index (χ3v) is 11.9. The molecule has 1 unspecified atom stereocenters. The Morgan fingerprint density at radius 2 is 1.71 bits per heavy atom. The second kappa shape index (κ2) is 14.7. The summed E-state index contributed by atoms with van der Waals surface area (Å²) < 4.78 is 6.35. The number of carbonyl (C=O) groups excluding carboxylic acids is 6. The van der Waals surface area contributed by atoms with E-state index in [-0.39, 0.29) is 47.9 Å². The number of hydrogen-bond donors (Lipinski definition) is 3. The number of carbonyl (C=O) groups is 6. The maximum atomic E-state index is 13.6. The number of imide groups is 2. The Morgan fingerprint density at radius 3 is 2.43 bits per heavy atom. The molecular formula is C42H43ClN6O7. The van der Waals surface area contributed by atoms with Crippen molar-refractivity contribution in [3.63, 3.8) is 0 Å². The van der Waals surface area contributed by atoms with Crippen LogP contribution in [0, 0.1) is 22.2 Å². The topological polar surface area (TPSA) is 178 Å². The van der Waals surface area contributed by atoms with E-state index >= 15 is 0 Å². The molecule has 13 nitrogen and oxygen atoms in total. The number of ether oxygens (including phenoxy) is 1. The van der Waals surface area contributed by atoms with E-state index in [1.54, 1.807) is 53.4 Å². The van der Waals surface area contributed by atoms with Crippen LogP contribution >= 0.6 is 11.6 Å². The lowest BCUT2D eigenvalue weighted by atomic mass is 9.49. The number of hydrogen-bond acceptors (Lipinski definition) is 9. The first-order chi connectivity index (χ1) is 26.6. The molecule has 3 aromatic rings. The van der Waals surface area contributed by atoms with E-state index in [1.807, 2.05) is 39.8 Å². The minimum atomic E-state index is -1.03. The molecular weight excluding hydrogens is 736 g/mol. The molecule has 0 aromatic heterocycles. The summed E-state index contributed by atoms with van der Waals surface area (Å²) >= 11 is 6.23. The standard InChI is InChI=1S/C42H43ClN6O7/c1-41(2)39(42(3,4)40(41)56-26-14-13-24(21-44)29(43)20-26)47-34(51)23-11-12-25-22-48(36(53)28(25)19-23)18-7-5-6-17-45-30-10-8-9-27-33(30)38(55)49(37(27)54)31-15-16-32(50)46-35(31)52/h8-14,19-20,31,39-40,45H,5-7,15-18,22H2,1-4H3,(H,47,51)(H,46,50,52). The first-order valence-electron chi connectivity index (χ1n) is 18.8. The second-order valence-corrected chi connectivity index (χ2v) is 16.5. The Balaban J connectivity index is 0.888. The molecule has 290 valence electrons. The van der Waals surface area contributed by atoms with Crippen LogP contribution in [-0.4, -0.2) is 76.5 Å². The molecule has 1 atom stereocenters. The number of nitrogens with one attached hydrogen (secondary N) is 3. The lowest BCUT2D eigenvalue weighted by Crippen LogP contribution is -2.74. The van der Waals surface area contributed by atoms with Gasteiger partial charge in [-0.05, 0) is 67.6 Å². The number of unbranched alkanes of at least 4 members (excludes halogenated alkanes) is 2. The summed E-state index contributed by atoms with van der Waals surface area (Å²) in [6, 6.07) is 16.0. The molecule has 0 radical (unpaired) electrons. The van der Waals surface area contributed by atoms with Gasteiger partial charge in [0, 0.05) is 65.8 Å². The number of halogens is 1. The van der Waals surface area contributed by atoms with Crippen molar-refractivity contribution in [2.45, 2.75) is 84.5 Å². The maximum Gasteiger partial charge on any atom is 0.264 e. The molecule has 3 aromatic carbocycles. The molecule has 1 aliphatic carbocycles. The molecule has 3 aliphatic heterocycles. The monoisotopic (exact) mass is 778 g/mol. The van der Waals surface area contributed by atoms with E-state index < -0.39 is 40.5 Å². The Kier molecular flexibility index (Phi) is 10.1. The van der Waals surface area contributed by atoms with Crippen LogP contribution < -0.4 is 20.7 Å². The molecule has 3 heterocycles. The van der Waals surface area contributed by atoms with Gasteiger partial charge in [0.05, 0.1) is 21.7 Å². The number of nitriles is 1. The highest BCUT2D eigenvalue weighted by Crippen LogP contribution is 2.55. The molecule has 1 saturated carbocycles. The van der Waals surface area contributed by atoms with Crippen LogP contribution in [0.4, 0.5) is 5.69 Å². The maximum absolute atomic E-state index is 13.6. The Bertz CT molecular complexity index is 2210. The van der Waals surface area contributed by atoms with E-state index in [4.69, 9.17) is 16.3 Å². The summed E-state index contributed by atoms with van der Waals surface area (Å²) in [7, 11) is 0. The highest BCUT2D eigenvalue weighted by molar-refractivity contribution is 6.31. The third-order valence-electron chi connectivity index (χ3n) is 11.6. The van der Waals surface area contributed by atoms with Gasteiger partial charge in [0.15, 0.2) is 0 Å². The van der Waals surface area contributed by atoms with Crippen LogP contribution in [0.5, 0.6) is 5.75 Å². The van der Waals surface area contributed by atoms with Gasteiger partial charge in [0.1, 0.15) is 24.0 Å². The van der Waals surface area contributed by atoms with Crippen LogP contribution in [0.3, 0.4) is 0 Å². The fourth-order valence-electron chi connectivity index (χ4n) is 8.98. The number of amides is 6. The number of fused-ring (bicyclic) bond motifs is 2. The van der Waals surface area contributed by atoms with Crippen molar-refractivity contribution in [2.75, 3.05) is 18.4 Å². The molecule has 1 saturated heterocycles. The van der Waals surface area contributed by atoms with Gasteiger partial charge in [0.2, 0.25) is 11.8 Å². The summed E-state index contributed by atoms with van der Waals surface area (Å²) in [6.45, 7) is 9.67. The SMILES string of the molecule is CC1(C)C(NC(=O)c2ccc3c(c2)C(=O)N(CCCCCNc2cccc4c2C(=O)N(C2CCC(=O)NC2=O)C4=O)C3)C(C)(C)C1Oc1ccc(C#N)c(Cl)c1. The van der Waals surface area contributed by atoms with Crippen molar-refractivity contribution in [3.8, 4) is 11.8 Å². The van der Waals surface area contributed by atoms with Gasteiger partial charge in [0.25, 0.3) is 23.6 Å². The van der Waals surface area contributed by atoms with Gasteiger partial charge in [-0.3, -0.25) is 39.0 Å². The van der Waals surface area contributed by atoms with Crippen molar-refractivity contribution in [3.05, 3.63) is 93.0 Å². The molecule has 7 rings (SSSR count). The minimum Gasteiger partial charge on any atom is -0.489 e. The van der Waals surface area contributed by atoms with E-state index in [9.17, 15) is 34.0 Å². The van der Waals surface area contributed by atoms with Crippen molar-refractivity contribution >= 4 is 52.7 Å². The fraction of sp³-hybridized carbons (Fsp3) is 0.405. The van der Waals surface area contributed by atoms with Gasteiger partial charge in [-0.25, -0.2) is 0 Å². The summed E-state index contributed by atoms with van der Waals surface area (Å²) in [5.41, 5.74) is 2.25. The summed E-state index contributed by atoms with van der Waals surface area (Å²) in [5.74, 6) is -2.01. The molecule has 14 heteroatoms. The van der Waals surface area contributed by atoms with Crippen LogP contribution in [0.2, 0.25) is 5.02 Å². The zero-order chi connectivity index (χ0) is 40.1. The molecule has 6 amide bonds. The van der Waals surface area contributed by atoms with Crippen molar-refractivity contribution < 1.29 is 33.5 Å². The van der Waals surface area contributed by atoms with Crippen LogP contribution in [-0.2, 0) is 16.1 Å². The van der Waals surface area contributed by atoms with E-state index in [1.165, 1.54) is 0 Å².